The summed E-state index contributed by atoms with van der Waals surface area (Å²) in [7, 11) is 0. The lowest BCUT2D eigenvalue weighted by molar-refractivity contribution is 0.626. The Morgan fingerprint density at radius 3 is 2.65 bits per heavy atom. The molecule has 0 saturated heterocycles. The predicted octanol–water partition coefficient (Wildman–Crippen LogP) is 4.70. The smallest absolute Gasteiger partial charge is 0.191 e. The molecule has 5 heteroatoms. The van der Waals surface area contributed by atoms with Crippen molar-refractivity contribution in [1.82, 2.24) is 14.8 Å². The van der Waals surface area contributed by atoms with Gasteiger partial charge in [-0.25, -0.2) is 4.39 Å². The minimum Gasteiger partial charge on any atom is -0.302 e. The van der Waals surface area contributed by atoms with Crippen molar-refractivity contribution < 1.29 is 4.39 Å². The van der Waals surface area contributed by atoms with Crippen LogP contribution in [0.1, 0.15) is 18.1 Å². The van der Waals surface area contributed by atoms with E-state index in [2.05, 4.69) is 40.7 Å². The summed E-state index contributed by atoms with van der Waals surface area (Å²) in [6, 6.07) is 14.9. The standard InChI is InChI=1S/C18H18FN3S/c1-3-22-17(15-8-4-6-13(2)10-15)20-21-18(22)23-12-14-7-5-9-16(19)11-14/h4-11H,3,12H2,1-2H3. The number of thioether (sulfide) groups is 1. The minimum absolute atomic E-state index is 0.208. The maximum atomic E-state index is 13.3. The molecule has 3 nitrogen and oxygen atoms in total. The molecule has 0 spiro atoms. The Morgan fingerprint density at radius 2 is 1.91 bits per heavy atom. The highest BCUT2D eigenvalue weighted by atomic mass is 32.2. The Morgan fingerprint density at radius 1 is 1.09 bits per heavy atom. The number of benzene rings is 2. The van der Waals surface area contributed by atoms with Gasteiger partial charge in [0.1, 0.15) is 5.82 Å². The average molecular weight is 327 g/mol. The molecule has 1 aromatic heterocycles. The van der Waals surface area contributed by atoms with Crippen LogP contribution in [0.25, 0.3) is 11.4 Å². The van der Waals surface area contributed by atoms with E-state index in [1.54, 1.807) is 23.9 Å². The van der Waals surface area contributed by atoms with E-state index in [1.807, 2.05) is 18.2 Å². The van der Waals surface area contributed by atoms with E-state index in [-0.39, 0.29) is 5.82 Å². The van der Waals surface area contributed by atoms with Gasteiger partial charge in [0.15, 0.2) is 11.0 Å². The molecule has 3 aromatic rings. The Labute approximate surface area is 139 Å². The van der Waals surface area contributed by atoms with E-state index in [9.17, 15) is 4.39 Å². The number of nitrogens with zero attached hydrogens (tertiary/aromatic N) is 3. The average Bonchev–Trinajstić information content (AvgIpc) is 2.96. The number of rotatable bonds is 5. The summed E-state index contributed by atoms with van der Waals surface area (Å²) in [6.45, 7) is 4.94. The molecule has 0 aliphatic rings. The van der Waals surface area contributed by atoms with Gasteiger partial charge in [-0.2, -0.15) is 0 Å². The van der Waals surface area contributed by atoms with Crippen LogP contribution in [0.15, 0.2) is 53.7 Å². The lowest BCUT2D eigenvalue weighted by atomic mass is 10.1. The second-order valence-corrected chi connectivity index (χ2v) is 6.28. The molecule has 0 atom stereocenters. The number of aryl methyl sites for hydroxylation is 1. The Hall–Kier alpha value is -2.14. The van der Waals surface area contributed by atoms with E-state index in [0.29, 0.717) is 5.75 Å². The molecule has 0 aliphatic heterocycles. The third kappa shape index (κ3) is 3.62. The van der Waals surface area contributed by atoms with Crippen LogP contribution in [0.3, 0.4) is 0 Å². The molecular weight excluding hydrogens is 309 g/mol. The maximum Gasteiger partial charge on any atom is 0.191 e. The van der Waals surface area contributed by atoms with Crippen LogP contribution in [0, 0.1) is 12.7 Å². The fourth-order valence-corrected chi connectivity index (χ4v) is 3.40. The molecule has 0 unspecified atom stereocenters. The number of halogens is 1. The zero-order valence-electron chi connectivity index (χ0n) is 13.2. The number of aromatic nitrogens is 3. The Balaban J connectivity index is 1.84. The van der Waals surface area contributed by atoms with Crippen molar-refractivity contribution in [2.75, 3.05) is 0 Å². The Kier molecular flexibility index (Phi) is 4.76. The first kappa shape index (κ1) is 15.7. The van der Waals surface area contributed by atoms with Gasteiger partial charge in [0.05, 0.1) is 0 Å². The van der Waals surface area contributed by atoms with Gasteiger partial charge in [0.2, 0.25) is 0 Å². The molecule has 0 bridgehead atoms. The molecule has 23 heavy (non-hydrogen) atoms. The normalized spacial score (nSPS) is 10.9. The van der Waals surface area contributed by atoms with Crippen molar-refractivity contribution >= 4 is 11.8 Å². The highest BCUT2D eigenvalue weighted by molar-refractivity contribution is 7.98. The molecule has 0 aliphatic carbocycles. The van der Waals surface area contributed by atoms with Crippen LogP contribution < -0.4 is 0 Å². The number of hydrogen-bond acceptors (Lipinski definition) is 3. The molecule has 0 fully saturated rings. The summed E-state index contributed by atoms with van der Waals surface area (Å²) in [6.07, 6.45) is 0. The molecule has 2 aromatic carbocycles. The quantitative estimate of drug-likeness (QED) is 0.636. The van der Waals surface area contributed by atoms with Gasteiger partial charge in [0.25, 0.3) is 0 Å². The van der Waals surface area contributed by atoms with Crippen LogP contribution in [-0.2, 0) is 12.3 Å². The van der Waals surface area contributed by atoms with Crippen LogP contribution in [0.5, 0.6) is 0 Å². The van der Waals surface area contributed by atoms with E-state index >= 15 is 0 Å². The van der Waals surface area contributed by atoms with Crippen molar-refractivity contribution in [3.63, 3.8) is 0 Å². The Bertz CT molecular complexity index is 814. The van der Waals surface area contributed by atoms with Gasteiger partial charge in [0, 0.05) is 17.9 Å². The minimum atomic E-state index is -0.208. The molecular formula is C18H18FN3S. The van der Waals surface area contributed by atoms with Gasteiger partial charge in [-0.3, -0.25) is 0 Å². The van der Waals surface area contributed by atoms with Crippen LogP contribution in [-0.4, -0.2) is 14.8 Å². The largest absolute Gasteiger partial charge is 0.302 e. The molecule has 0 radical (unpaired) electrons. The third-order valence-electron chi connectivity index (χ3n) is 3.57. The highest BCUT2D eigenvalue weighted by Crippen LogP contribution is 2.26. The summed E-state index contributed by atoms with van der Waals surface area (Å²) in [4.78, 5) is 0. The zero-order chi connectivity index (χ0) is 16.2. The molecule has 0 saturated carbocycles. The lowest BCUT2D eigenvalue weighted by Crippen LogP contribution is -2.00. The second kappa shape index (κ2) is 6.96. The molecule has 0 N–H and O–H groups in total. The maximum absolute atomic E-state index is 13.3. The van der Waals surface area contributed by atoms with E-state index in [4.69, 9.17) is 0 Å². The first-order valence-electron chi connectivity index (χ1n) is 7.55. The number of hydrogen-bond donors (Lipinski definition) is 0. The molecule has 3 rings (SSSR count). The molecule has 118 valence electrons. The van der Waals surface area contributed by atoms with Gasteiger partial charge in [-0.05, 0) is 37.6 Å². The first-order chi connectivity index (χ1) is 11.2. The van der Waals surface area contributed by atoms with Crippen LogP contribution in [0.4, 0.5) is 4.39 Å². The summed E-state index contributed by atoms with van der Waals surface area (Å²) in [5.74, 6) is 1.34. The monoisotopic (exact) mass is 327 g/mol. The molecule has 0 amide bonds. The summed E-state index contributed by atoms with van der Waals surface area (Å²) in [5, 5.41) is 9.51. The highest BCUT2D eigenvalue weighted by Gasteiger charge is 2.13. The fraction of sp³-hybridized carbons (Fsp3) is 0.222. The second-order valence-electron chi connectivity index (χ2n) is 5.34. The van der Waals surface area contributed by atoms with E-state index in [0.717, 1.165) is 28.7 Å². The van der Waals surface area contributed by atoms with Crippen molar-refractivity contribution in [1.29, 1.82) is 0 Å². The van der Waals surface area contributed by atoms with Crippen molar-refractivity contribution in [3.8, 4) is 11.4 Å². The van der Waals surface area contributed by atoms with Gasteiger partial charge in [-0.15, -0.1) is 10.2 Å². The lowest BCUT2D eigenvalue weighted by Gasteiger charge is -2.08. The molecule has 1 heterocycles. The predicted molar refractivity (Wildman–Crippen MR) is 91.8 cm³/mol. The summed E-state index contributed by atoms with van der Waals surface area (Å²) >= 11 is 1.58. The topological polar surface area (TPSA) is 30.7 Å². The van der Waals surface area contributed by atoms with Gasteiger partial charge in [-0.1, -0.05) is 47.7 Å². The van der Waals surface area contributed by atoms with E-state index in [1.165, 1.54) is 11.6 Å². The SMILES string of the molecule is CCn1c(SCc2cccc(F)c2)nnc1-c1cccc(C)c1. The summed E-state index contributed by atoms with van der Waals surface area (Å²) < 4.78 is 15.4. The van der Waals surface area contributed by atoms with Crippen LogP contribution in [0.2, 0.25) is 0 Å². The van der Waals surface area contributed by atoms with Crippen LogP contribution >= 0.6 is 11.8 Å². The summed E-state index contributed by atoms with van der Waals surface area (Å²) in [5.41, 5.74) is 3.21. The third-order valence-corrected chi connectivity index (χ3v) is 4.60. The van der Waals surface area contributed by atoms with Crippen molar-refractivity contribution in [3.05, 3.63) is 65.5 Å². The van der Waals surface area contributed by atoms with E-state index < -0.39 is 0 Å². The van der Waals surface area contributed by atoms with Crippen molar-refractivity contribution in [2.24, 2.45) is 0 Å². The van der Waals surface area contributed by atoms with Gasteiger partial charge >= 0.3 is 0 Å². The fourth-order valence-electron chi connectivity index (χ4n) is 2.45. The zero-order valence-corrected chi connectivity index (χ0v) is 14.0. The van der Waals surface area contributed by atoms with Gasteiger partial charge < -0.3 is 4.57 Å². The first-order valence-corrected chi connectivity index (χ1v) is 8.53. The van der Waals surface area contributed by atoms with Crippen molar-refractivity contribution in [2.45, 2.75) is 31.3 Å².